The molecule has 1 N–H and O–H groups in total. The zero-order chi connectivity index (χ0) is 20.9. The molecule has 0 aromatic heterocycles. The zero-order valence-corrected chi connectivity index (χ0v) is 17.2. The summed E-state index contributed by atoms with van der Waals surface area (Å²) in [5.74, 6) is 1.13. The Kier molecular flexibility index (Phi) is 6.07. The van der Waals surface area contributed by atoms with E-state index in [0.717, 1.165) is 30.6 Å². The van der Waals surface area contributed by atoms with E-state index < -0.39 is 0 Å². The number of ether oxygens (including phenoxy) is 2. The van der Waals surface area contributed by atoms with E-state index in [0.29, 0.717) is 37.8 Å². The third kappa shape index (κ3) is 4.50. The highest BCUT2D eigenvalue weighted by Crippen LogP contribution is 2.35. The number of aryl methyl sites for hydroxylation is 1. The van der Waals surface area contributed by atoms with E-state index in [9.17, 15) is 9.59 Å². The maximum atomic E-state index is 12.8. The van der Waals surface area contributed by atoms with Crippen LogP contribution in [-0.2, 0) is 11.2 Å². The molecule has 2 aliphatic heterocycles. The second-order valence-electron chi connectivity index (χ2n) is 7.53. The quantitative estimate of drug-likeness (QED) is 0.757. The van der Waals surface area contributed by atoms with Crippen LogP contribution in [-0.4, -0.2) is 49.7 Å². The van der Waals surface area contributed by atoms with Crippen LogP contribution in [0, 0.1) is 0 Å². The van der Waals surface area contributed by atoms with Gasteiger partial charge in [0.2, 0.25) is 5.91 Å². The number of amides is 3. The van der Waals surface area contributed by atoms with Gasteiger partial charge in [0.15, 0.2) is 11.5 Å². The average molecular weight is 409 g/mol. The molecule has 0 radical (unpaired) electrons. The molecule has 0 aliphatic carbocycles. The molecular formula is C23H27N3O4. The molecule has 0 spiro atoms. The molecule has 3 amide bonds. The number of urea groups is 1. The minimum Gasteiger partial charge on any atom is -0.486 e. The number of fused-ring (bicyclic) bond motifs is 1. The maximum Gasteiger partial charge on any atom is 0.325 e. The van der Waals surface area contributed by atoms with E-state index >= 15 is 0 Å². The van der Waals surface area contributed by atoms with E-state index in [1.54, 1.807) is 9.80 Å². The van der Waals surface area contributed by atoms with E-state index in [4.69, 9.17) is 9.47 Å². The summed E-state index contributed by atoms with van der Waals surface area (Å²) < 4.78 is 11.1. The van der Waals surface area contributed by atoms with Crippen LogP contribution in [0.5, 0.6) is 11.5 Å². The van der Waals surface area contributed by atoms with Crippen LogP contribution in [0.25, 0.3) is 0 Å². The van der Waals surface area contributed by atoms with Crippen LogP contribution < -0.4 is 19.7 Å². The highest BCUT2D eigenvalue weighted by Gasteiger charge is 2.31. The number of hydrogen-bond donors (Lipinski definition) is 1. The van der Waals surface area contributed by atoms with Gasteiger partial charge in [-0.1, -0.05) is 25.5 Å². The predicted octanol–water partition coefficient (Wildman–Crippen LogP) is 3.68. The van der Waals surface area contributed by atoms with Crippen molar-refractivity contribution >= 4 is 23.3 Å². The first-order valence-corrected chi connectivity index (χ1v) is 10.5. The van der Waals surface area contributed by atoms with Gasteiger partial charge in [0.05, 0.1) is 0 Å². The van der Waals surface area contributed by atoms with Gasteiger partial charge in [-0.15, -0.1) is 0 Å². The van der Waals surface area contributed by atoms with Gasteiger partial charge in [0.25, 0.3) is 0 Å². The van der Waals surface area contributed by atoms with Crippen LogP contribution in [0.2, 0.25) is 0 Å². The third-order valence-corrected chi connectivity index (χ3v) is 5.32. The van der Waals surface area contributed by atoms with Gasteiger partial charge in [0, 0.05) is 30.5 Å². The molecule has 1 fully saturated rings. The number of nitrogens with one attached hydrogen (secondary N) is 1. The smallest absolute Gasteiger partial charge is 0.325 e. The average Bonchev–Trinajstić information content (AvgIpc) is 3.13. The van der Waals surface area contributed by atoms with Crippen molar-refractivity contribution in [2.24, 2.45) is 0 Å². The van der Waals surface area contributed by atoms with Crippen molar-refractivity contribution in [3.63, 3.8) is 0 Å². The van der Waals surface area contributed by atoms with Crippen LogP contribution in [0.1, 0.15) is 25.3 Å². The van der Waals surface area contributed by atoms with Gasteiger partial charge in [-0.3, -0.25) is 9.69 Å². The minimum absolute atomic E-state index is 0.0253. The van der Waals surface area contributed by atoms with Crippen molar-refractivity contribution in [3.8, 4) is 11.5 Å². The SMILES string of the molecule is CCCCc1ccc(NC(=O)CN2CCN(c3ccc4c(c3)OCCO4)C2=O)cc1. The molecule has 7 heteroatoms. The summed E-state index contributed by atoms with van der Waals surface area (Å²) in [4.78, 5) is 28.5. The first-order chi connectivity index (χ1) is 14.6. The number of benzene rings is 2. The first kappa shape index (κ1) is 20.1. The molecule has 2 aromatic rings. The highest BCUT2D eigenvalue weighted by molar-refractivity contribution is 5.99. The van der Waals surface area contributed by atoms with Gasteiger partial charge < -0.3 is 19.7 Å². The summed E-state index contributed by atoms with van der Waals surface area (Å²) in [7, 11) is 0. The molecule has 158 valence electrons. The molecule has 0 unspecified atom stereocenters. The molecule has 2 heterocycles. The first-order valence-electron chi connectivity index (χ1n) is 10.5. The molecule has 4 rings (SSSR count). The Morgan fingerprint density at radius 1 is 1.03 bits per heavy atom. The molecule has 0 atom stereocenters. The number of carbonyl (C=O) groups excluding carboxylic acids is 2. The predicted molar refractivity (Wildman–Crippen MR) is 115 cm³/mol. The normalized spacial score (nSPS) is 15.4. The Balaban J connectivity index is 1.33. The molecule has 0 saturated carbocycles. The fourth-order valence-corrected chi connectivity index (χ4v) is 3.68. The number of carbonyl (C=O) groups is 2. The van der Waals surface area contributed by atoms with Crippen LogP contribution >= 0.6 is 0 Å². The van der Waals surface area contributed by atoms with E-state index in [-0.39, 0.29) is 18.5 Å². The summed E-state index contributed by atoms with van der Waals surface area (Å²) in [6.45, 7) is 4.24. The van der Waals surface area contributed by atoms with Gasteiger partial charge >= 0.3 is 6.03 Å². The topological polar surface area (TPSA) is 71.1 Å². The summed E-state index contributed by atoms with van der Waals surface area (Å²) in [6.07, 6.45) is 3.36. The summed E-state index contributed by atoms with van der Waals surface area (Å²) in [6, 6.07) is 13.2. The number of unbranched alkanes of at least 4 members (excludes halogenated alkanes) is 1. The molecule has 7 nitrogen and oxygen atoms in total. The molecule has 1 saturated heterocycles. The Labute approximate surface area is 176 Å². The summed E-state index contributed by atoms with van der Waals surface area (Å²) >= 11 is 0. The van der Waals surface area contributed by atoms with E-state index in [1.807, 2.05) is 42.5 Å². The molecule has 2 aliphatic rings. The lowest BCUT2D eigenvalue weighted by molar-refractivity contribution is -0.116. The molecule has 2 aromatic carbocycles. The largest absolute Gasteiger partial charge is 0.486 e. The fourth-order valence-electron chi connectivity index (χ4n) is 3.68. The lowest BCUT2D eigenvalue weighted by Gasteiger charge is -2.22. The van der Waals surface area contributed by atoms with Crippen molar-refractivity contribution < 1.29 is 19.1 Å². The summed E-state index contributed by atoms with van der Waals surface area (Å²) in [5, 5.41) is 2.88. The van der Waals surface area contributed by atoms with E-state index in [1.165, 1.54) is 5.56 Å². The Bertz CT molecular complexity index is 913. The monoisotopic (exact) mass is 409 g/mol. The van der Waals surface area contributed by atoms with Gasteiger partial charge in [-0.25, -0.2) is 4.79 Å². The second-order valence-corrected chi connectivity index (χ2v) is 7.53. The van der Waals surface area contributed by atoms with Crippen LogP contribution in [0.15, 0.2) is 42.5 Å². The Hall–Kier alpha value is -3.22. The number of nitrogens with zero attached hydrogens (tertiary/aromatic N) is 2. The van der Waals surface area contributed by atoms with Crippen molar-refractivity contribution in [1.29, 1.82) is 0 Å². The molecular weight excluding hydrogens is 382 g/mol. The minimum atomic E-state index is -0.200. The van der Waals surface area contributed by atoms with Gasteiger partial charge in [-0.2, -0.15) is 0 Å². The lowest BCUT2D eigenvalue weighted by atomic mass is 10.1. The number of hydrogen-bond acceptors (Lipinski definition) is 4. The van der Waals surface area contributed by atoms with Gasteiger partial charge in [-0.05, 0) is 42.7 Å². The lowest BCUT2D eigenvalue weighted by Crippen LogP contribution is -2.37. The Morgan fingerprint density at radius 3 is 2.57 bits per heavy atom. The van der Waals surface area contributed by atoms with Crippen molar-refractivity contribution in [3.05, 3.63) is 48.0 Å². The van der Waals surface area contributed by atoms with Crippen molar-refractivity contribution in [2.75, 3.05) is 43.1 Å². The van der Waals surface area contributed by atoms with Crippen LogP contribution in [0.4, 0.5) is 16.2 Å². The molecule has 0 bridgehead atoms. The van der Waals surface area contributed by atoms with Crippen LogP contribution in [0.3, 0.4) is 0 Å². The van der Waals surface area contributed by atoms with Crippen molar-refractivity contribution in [2.45, 2.75) is 26.2 Å². The second kappa shape index (κ2) is 9.07. The zero-order valence-electron chi connectivity index (χ0n) is 17.2. The fraction of sp³-hybridized carbons (Fsp3) is 0.391. The standard InChI is InChI=1S/C23H27N3O4/c1-2-3-4-17-5-7-18(8-6-17)24-22(27)16-25-11-12-26(23(25)28)19-9-10-20-21(15-19)30-14-13-29-20/h5-10,15H,2-4,11-14,16H2,1H3,(H,24,27). The number of anilines is 2. The van der Waals surface area contributed by atoms with E-state index in [2.05, 4.69) is 12.2 Å². The molecule has 30 heavy (non-hydrogen) atoms. The highest BCUT2D eigenvalue weighted by atomic mass is 16.6. The number of rotatable bonds is 7. The summed E-state index contributed by atoms with van der Waals surface area (Å²) in [5.41, 5.74) is 2.75. The maximum absolute atomic E-state index is 12.8. The van der Waals surface area contributed by atoms with Crippen molar-refractivity contribution in [1.82, 2.24) is 4.90 Å². The third-order valence-electron chi connectivity index (χ3n) is 5.32. The Morgan fingerprint density at radius 2 is 1.80 bits per heavy atom. The van der Waals surface area contributed by atoms with Gasteiger partial charge in [0.1, 0.15) is 19.8 Å².